The average Bonchev–Trinajstić information content (AvgIpc) is 2.61. The van der Waals surface area contributed by atoms with Gasteiger partial charge in [-0.3, -0.25) is 0 Å². The van der Waals surface area contributed by atoms with Gasteiger partial charge >= 0.3 is 0 Å². The lowest BCUT2D eigenvalue weighted by atomic mass is 9.96. The van der Waals surface area contributed by atoms with E-state index in [9.17, 15) is 0 Å². The Labute approximate surface area is 92.6 Å². The number of halogens is 2. The third-order valence-corrected chi connectivity index (χ3v) is 6.01. The maximum atomic E-state index is 3.81. The molecule has 1 aromatic rings. The van der Waals surface area contributed by atoms with Gasteiger partial charge in [-0.15, -0.1) is 0 Å². The molecule has 1 aromatic heterocycles. The molecule has 1 heterocycles. The first-order valence-electron chi connectivity index (χ1n) is 4.13. The van der Waals surface area contributed by atoms with Crippen molar-refractivity contribution >= 4 is 43.2 Å². The first-order chi connectivity index (χ1) is 5.79. The summed E-state index contributed by atoms with van der Waals surface area (Å²) in [5.41, 5.74) is 3.21. The summed E-state index contributed by atoms with van der Waals surface area (Å²) < 4.78 is 0. The van der Waals surface area contributed by atoms with Crippen LogP contribution in [0.15, 0.2) is 10.8 Å². The lowest BCUT2D eigenvalue weighted by Gasteiger charge is -2.15. The Kier molecular flexibility index (Phi) is 1.72. The van der Waals surface area contributed by atoms with Gasteiger partial charge in [-0.05, 0) is 34.2 Å². The summed E-state index contributed by atoms with van der Waals surface area (Å²) in [7, 11) is 0. The number of hydrogen-bond donors (Lipinski definition) is 0. The van der Waals surface area contributed by atoms with E-state index in [0.29, 0.717) is 9.65 Å². The molecule has 4 atom stereocenters. The summed E-state index contributed by atoms with van der Waals surface area (Å²) >= 11 is 9.42. The Balaban J connectivity index is 2.17. The van der Waals surface area contributed by atoms with Crippen LogP contribution in [0.1, 0.15) is 29.4 Å². The van der Waals surface area contributed by atoms with E-state index in [0.717, 1.165) is 11.8 Å². The topological polar surface area (TPSA) is 0 Å². The van der Waals surface area contributed by atoms with Crippen LogP contribution in [0.5, 0.6) is 0 Å². The summed E-state index contributed by atoms with van der Waals surface area (Å²) in [6.45, 7) is 0. The minimum atomic E-state index is 0.695. The molecule has 0 spiro atoms. The first kappa shape index (κ1) is 8.01. The van der Waals surface area contributed by atoms with E-state index in [4.69, 9.17) is 0 Å². The first-order valence-corrected chi connectivity index (χ1v) is 6.90. The summed E-state index contributed by atoms with van der Waals surface area (Å²) in [6, 6.07) is 0. The van der Waals surface area contributed by atoms with Gasteiger partial charge in [-0.25, -0.2) is 0 Å². The monoisotopic (exact) mass is 306 g/mol. The standard InChI is InChI=1S/C9H8Br2S/c10-7-1-4-5-2-12-3-6(5)8(7)9(4)11/h2-4,7-9H,1H2/t4-,7+,8-,9?/m0/s1. The van der Waals surface area contributed by atoms with Crippen LogP contribution < -0.4 is 0 Å². The second kappa shape index (κ2) is 2.58. The molecule has 0 N–H and O–H groups in total. The number of fused-ring (bicyclic) bond motifs is 5. The summed E-state index contributed by atoms with van der Waals surface area (Å²) in [5.74, 6) is 1.51. The van der Waals surface area contributed by atoms with Crippen LogP contribution in [0.4, 0.5) is 0 Å². The van der Waals surface area contributed by atoms with Crippen molar-refractivity contribution in [2.45, 2.75) is 27.9 Å². The highest BCUT2D eigenvalue weighted by Gasteiger charge is 2.49. The summed E-state index contributed by atoms with van der Waals surface area (Å²) in [4.78, 5) is 1.40. The van der Waals surface area contributed by atoms with Gasteiger partial charge in [0, 0.05) is 15.6 Å². The van der Waals surface area contributed by atoms with Gasteiger partial charge in [0.15, 0.2) is 0 Å². The van der Waals surface area contributed by atoms with Crippen LogP contribution in [0.3, 0.4) is 0 Å². The van der Waals surface area contributed by atoms with Gasteiger partial charge in [0.2, 0.25) is 0 Å². The van der Waals surface area contributed by atoms with Gasteiger partial charge in [0.1, 0.15) is 0 Å². The SMILES string of the molecule is BrC1[C@H]2c3cscc3[C@@H]1C[C@H]2Br. The summed E-state index contributed by atoms with van der Waals surface area (Å²) in [6.07, 6.45) is 1.31. The molecule has 0 radical (unpaired) electrons. The van der Waals surface area contributed by atoms with E-state index < -0.39 is 0 Å². The van der Waals surface area contributed by atoms with E-state index in [-0.39, 0.29) is 0 Å². The lowest BCUT2D eigenvalue weighted by Crippen LogP contribution is -2.09. The number of rotatable bonds is 0. The predicted molar refractivity (Wildman–Crippen MR) is 59.8 cm³/mol. The molecule has 3 heteroatoms. The van der Waals surface area contributed by atoms with E-state index in [1.807, 2.05) is 11.3 Å². The number of hydrogen-bond acceptors (Lipinski definition) is 1. The van der Waals surface area contributed by atoms with Crippen LogP contribution in [-0.2, 0) is 0 Å². The Morgan fingerprint density at radius 2 is 2.00 bits per heavy atom. The zero-order valence-corrected chi connectivity index (χ0v) is 10.3. The smallest absolute Gasteiger partial charge is 0.0295 e. The minimum Gasteiger partial charge on any atom is -0.152 e. The second-order valence-corrected chi connectivity index (χ2v) is 6.59. The van der Waals surface area contributed by atoms with E-state index in [1.54, 1.807) is 11.1 Å². The molecule has 0 aromatic carbocycles. The molecule has 2 aliphatic rings. The zero-order chi connectivity index (χ0) is 8.29. The highest BCUT2D eigenvalue weighted by Crippen LogP contribution is 2.59. The molecule has 64 valence electrons. The van der Waals surface area contributed by atoms with Gasteiger partial charge < -0.3 is 0 Å². The van der Waals surface area contributed by atoms with Crippen LogP contribution in [-0.4, -0.2) is 9.65 Å². The quantitative estimate of drug-likeness (QED) is 0.639. The maximum absolute atomic E-state index is 3.81. The van der Waals surface area contributed by atoms with Crippen molar-refractivity contribution in [2.75, 3.05) is 0 Å². The molecule has 1 saturated carbocycles. The molecular formula is C9H8Br2S. The molecule has 12 heavy (non-hydrogen) atoms. The fraction of sp³-hybridized carbons (Fsp3) is 0.556. The third kappa shape index (κ3) is 0.828. The molecule has 3 rings (SSSR count). The van der Waals surface area contributed by atoms with Crippen LogP contribution >= 0.6 is 43.2 Å². The van der Waals surface area contributed by atoms with Crippen molar-refractivity contribution in [3.8, 4) is 0 Å². The van der Waals surface area contributed by atoms with Crippen molar-refractivity contribution in [1.29, 1.82) is 0 Å². The highest BCUT2D eigenvalue weighted by molar-refractivity contribution is 9.10. The molecule has 2 bridgehead atoms. The Morgan fingerprint density at radius 3 is 2.83 bits per heavy atom. The van der Waals surface area contributed by atoms with E-state index >= 15 is 0 Å². The fourth-order valence-corrected chi connectivity index (χ4v) is 6.07. The minimum absolute atomic E-state index is 0.695. The van der Waals surface area contributed by atoms with Gasteiger partial charge in [0.25, 0.3) is 0 Å². The zero-order valence-electron chi connectivity index (χ0n) is 6.34. The van der Waals surface area contributed by atoms with Crippen molar-refractivity contribution in [1.82, 2.24) is 0 Å². The summed E-state index contributed by atoms with van der Waals surface area (Å²) in [5, 5.41) is 4.65. The molecule has 0 nitrogen and oxygen atoms in total. The van der Waals surface area contributed by atoms with E-state index in [2.05, 4.69) is 42.6 Å². The second-order valence-electron chi connectivity index (χ2n) is 3.61. The normalized spacial score (nSPS) is 43.5. The van der Waals surface area contributed by atoms with Crippen molar-refractivity contribution < 1.29 is 0 Å². The highest BCUT2D eigenvalue weighted by atomic mass is 79.9. The van der Waals surface area contributed by atoms with Crippen molar-refractivity contribution in [3.05, 3.63) is 21.9 Å². The average molecular weight is 308 g/mol. The van der Waals surface area contributed by atoms with Crippen LogP contribution in [0.25, 0.3) is 0 Å². The molecule has 2 aliphatic carbocycles. The van der Waals surface area contributed by atoms with Gasteiger partial charge in [0.05, 0.1) is 0 Å². The largest absolute Gasteiger partial charge is 0.152 e. The molecule has 1 fully saturated rings. The van der Waals surface area contributed by atoms with E-state index in [1.165, 1.54) is 6.42 Å². The Bertz CT molecular complexity index is 320. The maximum Gasteiger partial charge on any atom is 0.0295 e. The predicted octanol–water partition coefficient (Wildman–Crippen LogP) is 3.86. The molecule has 0 amide bonds. The number of thiophene rings is 1. The Hall–Kier alpha value is 0.660. The van der Waals surface area contributed by atoms with Crippen molar-refractivity contribution in [2.24, 2.45) is 0 Å². The van der Waals surface area contributed by atoms with Crippen LogP contribution in [0, 0.1) is 0 Å². The number of alkyl halides is 2. The fourth-order valence-electron chi connectivity index (χ4n) is 2.52. The van der Waals surface area contributed by atoms with Crippen LogP contribution in [0.2, 0.25) is 0 Å². The molecule has 0 aliphatic heterocycles. The third-order valence-electron chi connectivity index (χ3n) is 3.08. The molecular weight excluding hydrogens is 300 g/mol. The molecule has 1 unspecified atom stereocenters. The Morgan fingerprint density at radius 1 is 1.25 bits per heavy atom. The van der Waals surface area contributed by atoms with Gasteiger partial charge in [-0.2, -0.15) is 11.3 Å². The molecule has 0 saturated heterocycles. The van der Waals surface area contributed by atoms with Gasteiger partial charge in [-0.1, -0.05) is 31.9 Å². The lowest BCUT2D eigenvalue weighted by molar-refractivity contribution is 0.748. The van der Waals surface area contributed by atoms with Crippen molar-refractivity contribution in [3.63, 3.8) is 0 Å².